The summed E-state index contributed by atoms with van der Waals surface area (Å²) in [6.07, 6.45) is 3.17. The van der Waals surface area contributed by atoms with Crippen LogP contribution in [0.25, 0.3) is 0 Å². The molecule has 0 atom stereocenters. The van der Waals surface area contributed by atoms with Gasteiger partial charge in [-0.2, -0.15) is 5.10 Å². The van der Waals surface area contributed by atoms with Gasteiger partial charge in [-0.25, -0.2) is 9.66 Å². The number of anilines is 1. The van der Waals surface area contributed by atoms with Crippen molar-refractivity contribution < 1.29 is 4.92 Å². The number of nitro groups is 1. The molecule has 0 radical (unpaired) electrons. The number of aryl methyl sites for hydroxylation is 1. The van der Waals surface area contributed by atoms with Gasteiger partial charge in [-0.3, -0.25) is 10.1 Å². The van der Waals surface area contributed by atoms with Gasteiger partial charge in [0.05, 0.1) is 27.9 Å². The van der Waals surface area contributed by atoms with Crippen LogP contribution in [-0.4, -0.2) is 20.8 Å². The average Bonchev–Trinajstić information content (AvgIpc) is 2.93. The Morgan fingerprint density at radius 1 is 1.31 bits per heavy atom. The third-order valence-electron chi connectivity index (χ3n) is 3.39. The molecule has 9 heteroatoms. The van der Waals surface area contributed by atoms with E-state index in [2.05, 4.69) is 10.1 Å². The summed E-state index contributed by atoms with van der Waals surface area (Å²) < 4.78 is 1.41. The highest BCUT2D eigenvalue weighted by atomic mass is 35.5. The molecule has 7 nitrogen and oxygen atoms in total. The number of nitrogen functional groups attached to an aromatic ring is 1. The zero-order valence-corrected chi connectivity index (χ0v) is 15.2. The second kappa shape index (κ2) is 7.59. The molecule has 0 aliphatic heterocycles. The minimum absolute atomic E-state index is 0.00341. The molecule has 1 heterocycles. The van der Waals surface area contributed by atoms with Gasteiger partial charge in [0.1, 0.15) is 0 Å². The Kier molecular flexibility index (Phi) is 5.24. The minimum Gasteiger partial charge on any atom is -0.368 e. The van der Waals surface area contributed by atoms with Gasteiger partial charge in [0.15, 0.2) is 0 Å². The highest BCUT2D eigenvalue weighted by Crippen LogP contribution is 2.35. The molecule has 3 rings (SSSR count). The Bertz CT molecular complexity index is 985. The van der Waals surface area contributed by atoms with Crippen molar-refractivity contribution in [1.29, 1.82) is 0 Å². The van der Waals surface area contributed by atoms with Gasteiger partial charge >= 0.3 is 0 Å². The van der Waals surface area contributed by atoms with Gasteiger partial charge < -0.3 is 5.73 Å². The number of rotatable bonds is 5. The summed E-state index contributed by atoms with van der Waals surface area (Å²) in [6.45, 7) is 1.80. The van der Waals surface area contributed by atoms with E-state index in [1.54, 1.807) is 37.4 Å². The average molecular weight is 388 g/mol. The first-order valence-electron chi connectivity index (χ1n) is 7.50. The van der Waals surface area contributed by atoms with E-state index in [4.69, 9.17) is 17.3 Å². The molecule has 0 aliphatic rings. The smallest absolute Gasteiger partial charge is 0.283 e. The summed E-state index contributed by atoms with van der Waals surface area (Å²) in [5.74, 6) is 0.253. The van der Waals surface area contributed by atoms with Crippen LogP contribution in [0.3, 0.4) is 0 Å². The van der Waals surface area contributed by atoms with Crippen molar-refractivity contribution in [3.63, 3.8) is 0 Å². The predicted octanol–water partition coefficient (Wildman–Crippen LogP) is 4.37. The largest absolute Gasteiger partial charge is 0.368 e. The van der Waals surface area contributed by atoms with E-state index in [1.165, 1.54) is 28.7 Å². The molecule has 26 heavy (non-hydrogen) atoms. The molecule has 0 saturated carbocycles. The van der Waals surface area contributed by atoms with E-state index in [1.807, 2.05) is 12.1 Å². The van der Waals surface area contributed by atoms with Crippen LogP contribution in [0.1, 0.15) is 11.3 Å². The Balaban J connectivity index is 1.87. The maximum atomic E-state index is 11.4. The zero-order chi connectivity index (χ0) is 18.7. The maximum absolute atomic E-state index is 11.4. The van der Waals surface area contributed by atoms with Crippen LogP contribution in [0.2, 0.25) is 5.02 Å². The summed E-state index contributed by atoms with van der Waals surface area (Å²) in [7, 11) is 0. The fourth-order valence-corrected chi connectivity index (χ4v) is 3.22. The summed E-state index contributed by atoms with van der Waals surface area (Å²) >= 11 is 7.17. The van der Waals surface area contributed by atoms with E-state index in [-0.39, 0.29) is 11.6 Å². The molecular weight excluding hydrogens is 374 g/mol. The Labute approximate surface area is 158 Å². The fraction of sp³-hybridized carbons (Fsp3) is 0.0588. The standard InChI is InChI=1S/C17H14ClN5O2S/c1-11-10-22(17(19)21-11)20-9-12-2-7-16(15(8-12)23(24)25)26-14-5-3-13(18)4-6-14/h2-10H,1H3,(H2,19,21). The highest BCUT2D eigenvalue weighted by molar-refractivity contribution is 7.99. The number of benzene rings is 2. The van der Waals surface area contributed by atoms with E-state index in [0.29, 0.717) is 15.5 Å². The highest BCUT2D eigenvalue weighted by Gasteiger charge is 2.15. The third kappa shape index (κ3) is 4.22. The lowest BCUT2D eigenvalue weighted by molar-refractivity contribution is -0.387. The van der Waals surface area contributed by atoms with Crippen LogP contribution in [0.15, 0.2) is 63.6 Å². The van der Waals surface area contributed by atoms with E-state index in [9.17, 15) is 10.1 Å². The fourth-order valence-electron chi connectivity index (χ4n) is 2.20. The van der Waals surface area contributed by atoms with Crippen molar-refractivity contribution in [3.05, 3.63) is 75.1 Å². The monoisotopic (exact) mass is 387 g/mol. The van der Waals surface area contributed by atoms with Gasteiger partial charge in [0, 0.05) is 21.5 Å². The Morgan fingerprint density at radius 3 is 2.65 bits per heavy atom. The number of halogens is 1. The number of hydrogen-bond acceptors (Lipinski definition) is 6. The van der Waals surface area contributed by atoms with Gasteiger partial charge in [-0.1, -0.05) is 29.4 Å². The summed E-state index contributed by atoms with van der Waals surface area (Å²) in [5, 5.41) is 16.2. The van der Waals surface area contributed by atoms with Crippen LogP contribution in [-0.2, 0) is 0 Å². The second-order valence-electron chi connectivity index (χ2n) is 5.37. The Hall–Kier alpha value is -2.84. The number of aromatic nitrogens is 2. The van der Waals surface area contributed by atoms with Crippen LogP contribution >= 0.6 is 23.4 Å². The molecule has 0 unspecified atom stereocenters. The first-order chi connectivity index (χ1) is 12.4. The molecule has 0 amide bonds. The normalized spacial score (nSPS) is 11.2. The first kappa shape index (κ1) is 18.0. The molecular formula is C17H14ClN5O2S. The lowest BCUT2D eigenvalue weighted by Crippen LogP contribution is -1.98. The molecule has 0 aliphatic carbocycles. The molecule has 0 bridgehead atoms. The zero-order valence-electron chi connectivity index (χ0n) is 13.7. The molecule has 132 valence electrons. The van der Waals surface area contributed by atoms with Crippen molar-refractivity contribution in [2.45, 2.75) is 16.7 Å². The van der Waals surface area contributed by atoms with Gasteiger partial charge in [0.25, 0.3) is 5.69 Å². The maximum Gasteiger partial charge on any atom is 0.283 e. The lowest BCUT2D eigenvalue weighted by Gasteiger charge is -2.04. The van der Waals surface area contributed by atoms with Crippen LogP contribution in [0.4, 0.5) is 11.6 Å². The number of nitro benzene ring substituents is 1. The topological polar surface area (TPSA) is 99.3 Å². The van der Waals surface area contributed by atoms with Crippen molar-refractivity contribution in [2.75, 3.05) is 5.73 Å². The number of hydrogen-bond donors (Lipinski definition) is 1. The van der Waals surface area contributed by atoms with Crippen molar-refractivity contribution >= 4 is 41.2 Å². The Morgan fingerprint density at radius 2 is 2.04 bits per heavy atom. The quantitative estimate of drug-likeness (QED) is 0.398. The molecule has 0 saturated heterocycles. The number of imidazole rings is 1. The van der Waals surface area contributed by atoms with E-state index >= 15 is 0 Å². The molecule has 3 aromatic rings. The number of nitrogens with two attached hydrogens (primary N) is 1. The first-order valence-corrected chi connectivity index (χ1v) is 8.69. The summed E-state index contributed by atoms with van der Waals surface area (Å²) in [5.41, 5.74) is 7.05. The third-order valence-corrected chi connectivity index (χ3v) is 4.71. The van der Waals surface area contributed by atoms with Gasteiger partial charge in [-0.15, -0.1) is 0 Å². The van der Waals surface area contributed by atoms with Crippen LogP contribution < -0.4 is 5.73 Å². The van der Waals surface area contributed by atoms with E-state index < -0.39 is 4.92 Å². The van der Waals surface area contributed by atoms with Crippen LogP contribution in [0.5, 0.6) is 0 Å². The molecule has 2 N–H and O–H groups in total. The summed E-state index contributed by atoms with van der Waals surface area (Å²) in [4.78, 5) is 16.5. The second-order valence-corrected chi connectivity index (χ2v) is 6.92. The predicted molar refractivity (Wildman–Crippen MR) is 103 cm³/mol. The molecule has 2 aromatic carbocycles. The lowest BCUT2D eigenvalue weighted by atomic mass is 10.2. The van der Waals surface area contributed by atoms with Crippen LogP contribution in [0, 0.1) is 17.0 Å². The molecule has 0 fully saturated rings. The van der Waals surface area contributed by atoms with Gasteiger partial charge in [0.2, 0.25) is 5.95 Å². The summed E-state index contributed by atoms with van der Waals surface area (Å²) in [6, 6.07) is 12.0. The molecule has 1 aromatic heterocycles. The SMILES string of the molecule is Cc1cn(N=Cc2ccc(Sc3ccc(Cl)cc3)c([N+](=O)[O-])c2)c(N)n1. The minimum atomic E-state index is -0.411. The number of nitrogens with zero attached hydrogens (tertiary/aromatic N) is 4. The van der Waals surface area contributed by atoms with Crippen molar-refractivity contribution in [3.8, 4) is 0 Å². The van der Waals surface area contributed by atoms with Crippen molar-refractivity contribution in [2.24, 2.45) is 5.10 Å². The van der Waals surface area contributed by atoms with Crippen molar-refractivity contribution in [1.82, 2.24) is 9.66 Å². The van der Waals surface area contributed by atoms with Gasteiger partial charge in [-0.05, 0) is 37.3 Å². The van der Waals surface area contributed by atoms with E-state index in [0.717, 1.165) is 10.6 Å². The molecule has 0 spiro atoms.